The van der Waals surface area contributed by atoms with Gasteiger partial charge in [0.1, 0.15) is 18.5 Å². The number of carbonyl (C=O) groups is 1. The van der Waals surface area contributed by atoms with Crippen molar-refractivity contribution in [3.8, 4) is 11.5 Å². The quantitative estimate of drug-likeness (QED) is 0.0909. The summed E-state index contributed by atoms with van der Waals surface area (Å²) < 4.78 is 48.6. The summed E-state index contributed by atoms with van der Waals surface area (Å²) in [5.41, 5.74) is 2.43. The van der Waals surface area contributed by atoms with Gasteiger partial charge in [-0.25, -0.2) is 13.2 Å². The van der Waals surface area contributed by atoms with Crippen molar-refractivity contribution in [2.45, 2.75) is 0 Å². The molecule has 178 valence electrons. The molecule has 7 nitrogen and oxygen atoms in total. The van der Waals surface area contributed by atoms with E-state index in [2.05, 4.69) is 28.8 Å². The molecule has 0 saturated carbocycles. The van der Waals surface area contributed by atoms with Crippen LogP contribution in [0.3, 0.4) is 0 Å². The minimum absolute atomic E-state index is 0.389. The van der Waals surface area contributed by atoms with E-state index in [-0.39, 0.29) is 5.97 Å². The van der Waals surface area contributed by atoms with Crippen molar-refractivity contribution >= 4 is 49.1 Å². The summed E-state index contributed by atoms with van der Waals surface area (Å²) >= 11 is 0. The molecule has 0 spiro atoms. The minimum atomic E-state index is -5.42. The Kier molecular flexibility index (Phi) is 6.63. The fraction of sp³-hybridized carbons (Fsp3) is 0.0769. The lowest BCUT2D eigenvalue weighted by atomic mass is 9.98. The highest BCUT2D eigenvalue weighted by Gasteiger charge is 2.25. The predicted octanol–water partition coefficient (Wildman–Crippen LogP) is 4.61. The molecule has 0 bridgehead atoms. The monoisotopic (exact) mass is 493 g/mol. The van der Waals surface area contributed by atoms with Gasteiger partial charge in [0, 0.05) is 12.1 Å². The van der Waals surface area contributed by atoms with E-state index in [0.29, 0.717) is 17.1 Å². The Balaban J connectivity index is 0.000000527. The molecule has 5 aromatic rings. The second-order valence-corrected chi connectivity index (χ2v) is 8.42. The number of aromatic nitrogens is 1. The number of esters is 1. The van der Waals surface area contributed by atoms with Crippen LogP contribution < -0.4 is 14.0 Å². The molecule has 0 saturated heterocycles. The maximum absolute atomic E-state index is 13.4. The number of benzene rings is 4. The molecule has 0 N–H and O–H groups in total. The van der Waals surface area contributed by atoms with Gasteiger partial charge in [0.15, 0.2) is 0 Å². The van der Waals surface area contributed by atoms with Gasteiger partial charge in [0.2, 0.25) is 11.0 Å². The van der Waals surface area contributed by atoms with Crippen LogP contribution in [0.15, 0.2) is 84.9 Å². The third-order valence-electron chi connectivity index (χ3n) is 5.49. The summed E-state index contributed by atoms with van der Waals surface area (Å²) in [5, 5.41) is 3.83. The Morgan fingerprint density at radius 2 is 1.40 bits per heavy atom. The Morgan fingerprint density at radius 1 is 0.829 bits per heavy atom. The third-order valence-corrected chi connectivity index (χ3v) is 5.49. The van der Waals surface area contributed by atoms with E-state index in [1.807, 2.05) is 55.6 Å². The van der Waals surface area contributed by atoms with Gasteiger partial charge in [-0.3, -0.25) is 0 Å². The number of nitrogens with zero attached hydrogens (tertiary/aromatic N) is 1. The SMILES string of the molecule is COc1ccc2c(c1)c(C(=O)Oc1ccccc1)c1cc3ccccc3cc1[n+]2C.O=S(=O)([O-])F. The first-order valence-corrected chi connectivity index (χ1v) is 11.7. The van der Waals surface area contributed by atoms with Gasteiger partial charge in [-0.15, -0.1) is 3.89 Å². The van der Waals surface area contributed by atoms with Crippen LogP contribution in [0.2, 0.25) is 0 Å². The van der Waals surface area contributed by atoms with Crippen molar-refractivity contribution in [2.24, 2.45) is 7.05 Å². The maximum Gasteiger partial charge on any atom is 0.345 e. The summed E-state index contributed by atoms with van der Waals surface area (Å²) in [6, 6.07) is 27.2. The normalized spacial score (nSPS) is 11.2. The first-order valence-electron chi connectivity index (χ1n) is 10.4. The lowest BCUT2D eigenvalue weighted by Crippen LogP contribution is -2.31. The van der Waals surface area contributed by atoms with Crippen molar-refractivity contribution in [1.29, 1.82) is 0 Å². The van der Waals surface area contributed by atoms with Crippen molar-refractivity contribution < 1.29 is 35.7 Å². The first-order chi connectivity index (χ1) is 16.7. The molecular weight excluding hydrogens is 473 g/mol. The molecule has 0 unspecified atom stereocenters. The van der Waals surface area contributed by atoms with Gasteiger partial charge in [0.05, 0.1) is 23.4 Å². The standard InChI is InChI=1S/C26H20NO3.FHO3S/c1-27-23-13-12-20(29-2)16-22(23)25(26(28)30-19-10-4-3-5-11-19)21-14-17-8-6-7-9-18(17)15-24(21)27;1-5(2,3)4/h3-16H,1-2H3;(H,2,3,4)/q+1;/p-1. The molecule has 1 heterocycles. The van der Waals surface area contributed by atoms with Crippen LogP contribution >= 0.6 is 0 Å². The zero-order chi connectivity index (χ0) is 25.2. The van der Waals surface area contributed by atoms with Gasteiger partial charge >= 0.3 is 5.97 Å². The van der Waals surface area contributed by atoms with E-state index in [4.69, 9.17) is 22.4 Å². The summed E-state index contributed by atoms with van der Waals surface area (Å²) in [4.78, 5) is 13.4. The molecule has 0 radical (unpaired) electrons. The van der Waals surface area contributed by atoms with Gasteiger partial charge < -0.3 is 14.0 Å². The van der Waals surface area contributed by atoms with Crippen LogP contribution in [-0.2, 0) is 17.6 Å². The van der Waals surface area contributed by atoms with E-state index in [0.717, 1.165) is 32.6 Å². The summed E-state index contributed by atoms with van der Waals surface area (Å²) in [7, 11) is -1.78. The van der Waals surface area contributed by atoms with Gasteiger partial charge in [-0.2, -0.15) is 4.57 Å². The zero-order valence-corrected chi connectivity index (χ0v) is 19.6. The molecule has 0 aliphatic carbocycles. The Hall–Kier alpha value is -4.08. The average Bonchev–Trinajstić information content (AvgIpc) is 2.82. The number of methoxy groups -OCH3 is 1. The minimum Gasteiger partial charge on any atom is -0.722 e. The molecule has 0 aliphatic heterocycles. The largest absolute Gasteiger partial charge is 0.722 e. The number of hydrogen-bond donors (Lipinski definition) is 0. The summed E-state index contributed by atoms with van der Waals surface area (Å²) in [5.74, 6) is 0.817. The van der Waals surface area contributed by atoms with Crippen molar-refractivity contribution in [3.63, 3.8) is 0 Å². The molecule has 5 rings (SSSR count). The highest BCUT2D eigenvalue weighted by atomic mass is 32.3. The molecular formula is C26H20FNO6S. The first kappa shape index (κ1) is 24.1. The molecule has 0 amide bonds. The smallest absolute Gasteiger partial charge is 0.345 e. The van der Waals surface area contributed by atoms with Crippen LogP contribution in [0.1, 0.15) is 10.4 Å². The Morgan fingerprint density at radius 3 is 2.03 bits per heavy atom. The van der Waals surface area contributed by atoms with Crippen molar-refractivity contribution in [2.75, 3.05) is 7.11 Å². The molecule has 35 heavy (non-hydrogen) atoms. The summed E-state index contributed by atoms with van der Waals surface area (Å²) in [6.07, 6.45) is 0. The number of fused-ring (bicyclic) bond motifs is 3. The highest BCUT2D eigenvalue weighted by molar-refractivity contribution is 7.80. The van der Waals surface area contributed by atoms with Crippen LogP contribution in [0.5, 0.6) is 11.5 Å². The zero-order valence-electron chi connectivity index (χ0n) is 18.8. The number of hydrogen-bond acceptors (Lipinski definition) is 6. The Labute approximate surface area is 201 Å². The molecule has 9 heteroatoms. The number of pyridine rings is 1. The second-order valence-electron chi connectivity index (χ2n) is 7.63. The van der Waals surface area contributed by atoms with E-state index in [1.54, 1.807) is 19.2 Å². The van der Waals surface area contributed by atoms with Gasteiger partial charge in [0.25, 0.3) is 10.5 Å². The fourth-order valence-electron chi connectivity index (χ4n) is 3.98. The lowest BCUT2D eigenvalue weighted by Gasteiger charge is -2.12. The fourth-order valence-corrected chi connectivity index (χ4v) is 3.98. The average molecular weight is 494 g/mol. The number of para-hydroxylation sites is 1. The van der Waals surface area contributed by atoms with Crippen molar-refractivity contribution in [3.05, 3.63) is 90.5 Å². The second kappa shape index (κ2) is 9.65. The molecule has 0 atom stereocenters. The topological polar surface area (TPSA) is 96.6 Å². The van der Waals surface area contributed by atoms with Gasteiger partial charge in [-0.05, 0) is 41.1 Å². The van der Waals surface area contributed by atoms with Crippen LogP contribution in [0, 0.1) is 0 Å². The Bertz CT molecular complexity index is 1660. The maximum atomic E-state index is 13.4. The summed E-state index contributed by atoms with van der Waals surface area (Å²) in [6.45, 7) is 0. The van der Waals surface area contributed by atoms with E-state index in [9.17, 15) is 8.68 Å². The molecule has 4 aromatic carbocycles. The number of rotatable bonds is 3. The van der Waals surface area contributed by atoms with Crippen LogP contribution in [0.4, 0.5) is 3.89 Å². The highest BCUT2D eigenvalue weighted by Crippen LogP contribution is 2.31. The predicted molar refractivity (Wildman–Crippen MR) is 129 cm³/mol. The van der Waals surface area contributed by atoms with E-state index >= 15 is 0 Å². The number of ether oxygens (including phenoxy) is 2. The van der Waals surface area contributed by atoms with E-state index in [1.165, 1.54) is 0 Å². The van der Waals surface area contributed by atoms with Gasteiger partial charge in [-0.1, -0.05) is 42.5 Å². The lowest BCUT2D eigenvalue weighted by molar-refractivity contribution is -0.617. The van der Waals surface area contributed by atoms with E-state index < -0.39 is 10.5 Å². The van der Waals surface area contributed by atoms with Crippen molar-refractivity contribution in [1.82, 2.24) is 0 Å². The molecule has 0 fully saturated rings. The van der Waals surface area contributed by atoms with Crippen LogP contribution in [-0.4, -0.2) is 26.0 Å². The molecule has 0 aliphatic rings. The number of carbonyl (C=O) groups excluding carboxylic acids is 1. The third kappa shape index (κ3) is 5.37. The van der Waals surface area contributed by atoms with Crippen LogP contribution in [0.25, 0.3) is 32.6 Å². The number of aryl methyl sites for hydroxylation is 1. The molecule has 1 aromatic heterocycles. The number of halogens is 1.